The number of carbonyl (C=O) groups is 1. The highest BCUT2D eigenvalue weighted by atomic mass is 35.5. The molecule has 0 bridgehead atoms. The summed E-state index contributed by atoms with van der Waals surface area (Å²) in [6, 6.07) is 19.4. The molecule has 0 atom stereocenters. The normalized spacial score (nSPS) is 15.0. The number of nitrogens with two attached hydrogens (primary N) is 1. The van der Waals surface area contributed by atoms with Gasteiger partial charge in [0.2, 0.25) is 5.91 Å². The zero-order chi connectivity index (χ0) is 20.9. The van der Waals surface area contributed by atoms with E-state index >= 15 is 0 Å². The highest BCUT2D eigenvalue weighted by Crippen LogP contribution is 2.31. The van der Waals surface area contributed by atoms with Gasteiger partial charge in [0.1, 0.15) is 11.5 Å². The van der Waals surface area contributed by atoms with Gasteiger partial charge >= 0.3 is 0 Å². The molecule has 1 saturated heterocycles. The zero-order valence-corrected chi connectivity index (χ0v) is 17.4. The van der Waals surface area contributed by atoms with Crippen molar-refractivity contribution in [2.45, 2.75) is 6.54 Å². The molecular weight excluding hydrogens is 398 g/mol. The SMILES string of the molecule is Nc1ccc(-c2ccc(/C=C/C(=O)N3CCN(Cc4ccccc4)CC3)o2)c(Cl)c1. The zero-order valence-electron chi connectivity index (χ0n) is 16.6. The monoisotopic (exact) mass is 421 g/mol. The van der Waals surface area contributed by atoms with Gasteiger partial charge in [0, 0.05) is 50.1 Å². The predicted molar refractivity (Wildman–Crippen MR) is 121 cm³/mol. The average molecular weight is 422 g/mol. The number of rotatable bonds is 5. The van der Waals surface area contributed by atoms with Gasteiger partial charge in [0.15, 0.2) is 0 Å². The molecule has 0 aliphatic carbocycles. The van der Waals surface area contributed by atoms with Crippen molar-refractivity contribution in [2.24, 2.45) is 0 Å². The van der Waals surface area contributed by atoms with Crippen LogP contribution in [-0.4, -0.2) is 41.9 Å². The summed E-state index contributed by atoms with van der Waals surface area (Å²) in [6.45, 7) is 4.10. The lowest BCUT2D eigenvalue weighted by Gasteiger charge is -2.34. The van der Waals surface area contributed by atoms with E-state index in [-0.39, 0.29) is 5.91 Å². The van der Waals surface area contributed by atoms with Gasteiger partial charge in [0.05, 0.1) is 5.02 Å². The van der Waals surface area contributed by atoms with Crippen LogP contribution < -0.4 is 5.73 Å². The molecule has 1 aromatic heterocycles. The van der Waals surface area contributed by atoms with Crippen molar-refractivity contribution in [1.29, 1.82) is 0 Å². The first kappa shape index (κ1) is 20.3. The smallest absolute Gasteiger partial charge is 0.246 e. The first-order chi connectivity index (χ1) is 14.6. The van der Waals surface area contributed by atoms with E-state index in [1.807, 2.05) is 29.2 Å². The number of nitrogens with zero attached hydrogens (tertiary/aromatic N) is 2. The van der Waals surface area contributed by atoms with Crippen LogP contribution in [0.2, 0.25) is 5.02 Å². The topological polar surface area (TPSA) is 62.7 Å². The van der Waals surface area contributed by atoms with E-state index in [9.17, 15) is 4.79 Å². The maximum atomic E-state index is 12.5. The van der Waals surface area contributed by atoms with Crippen LogP contribution in [0.25, 0.3) is 17.4 Å². The van der Waals surface area contributed by atoms with Crippen LogP contribution in [0.4, 0.5) is 5.69 Å². The summed E-state index contributed by atoms with van der Waals surface area (Å²) < 4.78 is 5.82. The number of hydrogen-bond acceptors (Lipinski definition) is 4. The minimum absolute atomic E-state index is 0.00201. The Morgan fingerprint density at radius 1 is 1.03 bits per heavy atom. The van der Waals surface area contributed by atoms with Crippen molar-refractivity contribution in [3.05, 3.63) is 83.1 Å². The summed E-state index contributed by atoms with van der Waals surface area (Å²) in [6.07, 6.45) is 3.27. The van der Waals surface area contributed by atoms with Gasteiger partial charge in [-0.15, -0.1) is 0 Å². The molecule has 4 rings (SSSR count). The number of anilines is 1. The fourth-order valence-electron chi connectivity index (χ4n) is 3.55. The van der Waals surface area contributed by atoms with Crippen LogP contribution in [0.5, 0.6) is 0 Å². The number of amides is 1. The first-order valence-electron chi connectivity index (χ1n) is 9.97. The number of carbonyl (C=O) groups excluding carboxylic acids is 1. The third-order valence-corrected chi connectivity index (χ3v) is 5.52. The molecule has 1 amide bonds. The van der Waals surface area contributed by atoms with Crippen molar-refractivity contribution < 1.29 is 9.21 Å². The summed E-state index contributed by atoms with van der Waals surface area (Å²) >= 11 is 6.24. The van der Waals surface area contributed by atoms with Crippen molar-refractivity contribution in [3.8, 4) is 11.3 Å². The number of piperazine rings is 1. The molecule has 0 spiro atoms. The minimum atomic E-state index is -0.00201. The van der Waals surface area contributed by atoms with Crippen LogP contribution in [0.3, 0.4) is 0 Å². The van der Waals surface area contributed by atoms with Crippen LogP contribution in [0, 0.1) is 0 Å². The number of halogens is 1. The Balaban J connectivity index is 1.32. The minimum Gasteiger partial charge on any atom is -0.457 e. The molecule has 5 nitrogen and oxygen atoms in total. The lowest BCUT2D eigenvalue weighted by Crippen LogP contribution is -2.47. The molecule has 2 N–H and O–H groups in total. The van der Waals surface area contributed by atoms with E-state index in [2.05, 4.69) is 29.2 Å². The molecular formula is C24H24ClN3O2. The summed E-state index contributed by atoms with van der Waals surface area (Å²) in [5, 5.41) is 0.532. The second-order valence-corrected chi connectivity index (χ2v) is 7.77. The predicted octanol–water partition coefficient (Wildman–Crippen LogP) is 4.54. The maximum Gasteiger partial charge on any atom is 0.246 e. The summed E-state index contributed by atoms with van der Waals surface area (Å²) in [4.78, 5) is 16.8. The molecule has 3 aromatic rings. The Morgan fingerprint density at radius 2 is 1.80 bits per heavy atom. The van der Waals surface area contributed by atoms with E-state index in [4.69, 9.17) is 21.8 Å². The number of nitrogen functional groups attached to an aromatic ring is 1. The third kappa shape index (κ3) is 4.93. The molecule has 1 aliphatic heterocycles. The van der Waals surface area contributed by atoms with E-state index in [0.717, 1.165) is 38.3 Å². The highest BCUT2D eigenvalue weighted by Gasteiger charge is 2.19. The fourth-order valence-corrected chi connectivity index (χ4v) is 3.83. The van der Waals surface area contributed by atoms with E-state index in [1.54, 1.807) is 24.3 Å². The Kier molecular flexibility index (Phi) is 6.21. The van der Waals surface area contributed by atoms with Gasteiger partial charge in [-0.2, -0.15) is 0 Å². The number of benzene rings is 2. The molecule has 1 fully saturated rings. The Bertz CT molecular complexity index is 1040. The lowest BCUT2D eigenvalue weighted by atomic mass is 10.1. The largest absolute Gasteiger partial charge is 0.457 e. The van der Waals surface area contributed by atoms with Crippen molar-refractivity contribution in [2.75, 3.05) is 31.9 Å². The molecule has 1 aliphatic rings. The highest BCUT2D eigenvalue weighted by molar-refractivity contribution is 6.33. The van der Waals surface area contributed by atoms with Gasteiger partial charge in [-0.25, -0.2) is 0 Å². The first-order valence-corrected chi connectivity index (χ1v) is 10.3. The molecule has 30 heavy (non-hydrogen) atoms. The lowest BCUT2D eigenvalue weighted by molar-refractivity contribution is -0.127. The van der Waals surface area contributed by atoms with Crippen molar-refractivity contribution in [3.63, 3.8) is 0 Å². The van der Waals surface area contributed by atoms with Gasteiger partial charge in [-0.3, -0.25) is 9.69 Å². The van der Waals surface area contributed by atoms with Crippen LogP contribution in [0.1, 0.15) is 11.3 Å². The van der Waals surface area contributed by atoms with Crippen LogP contribution >= 0.6 is 11.6 Å². The van der Waals surface area contributed by atoms with Crippen molar-refractivity contribution in [1.82, 2.24) is 9.80 Å². The quantitative estimate of drug-likeness (QED) is 0.485. The number of furan rings is 1. The molecule has 6 heteroatoms. The molecule has 154 valence electrons. The Labute approximate surface area is 181 Å². The molecule has 0 radical (unpaired) electrons. The molecule has 2 aromatic carbocycles. The summed E-state index contributed by atoms with van der Waals surface area (Å²) in [7, 11) is 0. The summed E-state index contributed by atoms with van der Waals surface area (Å²) in [5.74, 6) is 1.24. The summed E-state index contributed by atoms with van der Waals surface area (Å²) in [5.41, 5.74) is 8.41. The van der Waals surface area contributed by atoms with Gasteiger partial charge in [0.25, 0.3) is 0 Å². The van der Waals surface area contributed by atoms with Crippen molar-refractivity contribution >= 4 is 29.3 Å². The van der Waals surface area contributed by atoms with Gasteiger partial charge in [-0.05, 0) is 42.0 Å². The van der Waals surface area contributed by atoms with Crippen LogP contribution in [0.15, 0.2) is 71.2 Å². The Hall–Kier alpha value is -3.02. The number of hydrogen-bond donors (Lipinski definition) is 1. The maximum absolute atomic E-state index is 12.5. The van der Waals surface area contributed by atoms with Crippen LogP contribution in [-0.2, 0) is 11.3 Å². The third-order valence-electron chi connectivity index (χ3n) is 5.21. The van der Waals surface area contributed by atoms with E-state index in [0.29, 0.717) is 22.2 Å². The Morgan fingerprint density at radius 3 is 2.53 bits per heavy atom. The fraction of sp³-hybridized carbons (Fsp3) is 0.208. The standard InChI is InChI=1S/C24H24ClN3O2/c25-22-16-19(26)6-9-21(22)23-10-7-20(30-23)8-11-24(29)28-14-12-27(13-15-28)17-18-4-2-1-3-5-18/h1-11,16H,12-15,17,26H2/b11-8+. The second kappa shape index (κ2) is 9.20. The molecule has 0 saturated carbocycles. The molecule has 2 heterocycles. The van der Waals surface area contributed by atoms with Gasteiger partial charge in [-0.1, -0.05) is 41.9 Å². The van der Waals surface area contributed by atoms with Gasteiger partial charge < -0.3 is 15.1 Å². The van der Waals surface area contributed by atoms with E-state index in [1.165, 1.54) is 5.56 Å². The average Bonchev–Trinajstić information content (AvgIpc) is 3.22. The van der Waals surface area contributed by atoms with E-state index < -0.39 is 0 Å². The molecule has 0 unspecified atom stereocenters. The second-order valence-electron chi connectivity index (χ2n) is 7.36.